The predicted octanol–water partition coefficient (Wildman–Crippen LogP) is 0.788. The Morgan fingerprint density at radius 1 is 1.47 bits per heavy atom. The number of carbonyl (C=O) groups is 1. The van der Waals surface area contributed by atoms with Crippen molar-refractivity contribution in [1.29, 1.82) is 0 Å². The summed E-state index contributed by atoms with van der Waals surface area (Å²) in [5.41, 5.74) is 5.49. The number of nitrogens with two attached hydrogens (primary N) is 1. The van der Waals surface area contributed by atoms with Crippen molar-refractivity contribution in [3.8, 4) is 0 Å². The standard InChI is InChI=1S/C8H9BrFN3O3S/c1-12-8(14)13-17(15,16)7-3-6(11)4(9)2-5(7)10/h2-3H,11H2,1H3,(H2,12,13,14). The predicted molar refractivity (Wildman–Crippen MR) is 63.3 cm³/mol. The van der Waals surface area contributed by atoms with E-state index in [0.29, 0.717) is 0 Å². The second-order valence-electron chi connectivity index (χ2n) is 2.99. The van der Waals surface area contributed by atoms with Crippen molar-refractivity contribution < 1.29 is 17.6 Å². The summed E-state index contributed by atoms with van der Waals surface area (Å²) in [4.78, 5) is 10.2. The third-order valence-corrected chi connectivity index (χ3v) is 3.83. The van der Waals surface area contributed by atoms with Crippen LogP contribution in [-0.4, -0.2) is 21.5 Å². The number of amides is 2. The van der Waals surface area contributed by atoms with Gasteiger partial charge in [-0.2, -0.15) is 0 Å². The van der Waals surface area contributed by atoms with Crippen LogP contribution < -0.4 is 15.8 Å². The lowest BCUT2D eigenvalue weighted by Gasteiger charge is -2.08. The minimum absolute atomic E-state index is 0.0451. The van der Waals surface area contributed by atoms with Crippen molar-refractivity contribution in [2.45, 2.75) is 4.90 Å². The summed E-state index contributed by atoms with van der Waals surface area (Å²) in [6.07, 6.45) is 0. The summed E-state index contributed by atoms with van der Waals surface area (Å²) >= 11 is 2.95. The first kappa shape index (κ1) is 13.7. The average molecular weight is 326 g/mol. The molecule has 0 aliphatic carbocycles. The van der Waals surface area contributed by atoms with E-state index >= 15 is 0 Å². The minimum atomic E-state index is -4.28. The van der Waals surface area contributed by atoms with Crippen LogP contribution in [0.3, 0.4) is 0 Å². The Labute approximate surface area is 106 Å². The van der Waals surface area contributed by atoms with Crippen molar-refractivity contribution in [3.05, 3.63) is 22.4 Å². The third-order valence-electron chi connectivity index (χ3n) is 1.79. The summed E-state index contributed by atoms with van der Waals surface area (Å²) in [5, 5.41) is 2.04. The number of nitrogen functional groups attached to an aromatic ring is 1. The van der Waals surface area contributed by atoms with E-state index < -0.39 is 26.8 Å². The Balaban J connectivity index is 3.25. The molecule has 94 valence electrons. The van der Waals surface area contributed by atoms with Gasteiger partial charge in [-0.15, -0.1) is 0 Å². The number of nitrogens with one attached hydrogen (secondary N) is 2. The molecular formula is C8H9BrFN3O3S. The molecule has 0 radical (unpaired) electrons. The Morgan fingerprint density at radius 3 is 2.59 bits per heavy atom. The van der Waals surface area contributed by atoms with Crippen LogP contribution in [0.25, 0.3) is 0 Å². The Hall–Kier alpha value is -1.35. The summed E-state index contributed by atoms with van der Waals surface area (Å²) in [7, 11) is -3.05. The van der Waals surface area contributed by atoms with Crippen molar-refractivity contribution >= 4 is 37.7 Å². The number of sulfonamides is 1. The molecule has 0 bridgehead atoms. The molecule has 0 atom stereocenters. The van der Waals surface area contributed by atoms with Gasteiger partial charge in [-0.3, -0.25) is 0 Å². The number of carbonyl (C=O) groups excluding carboxylic acids is 1. The molecule has 2 amide bonds. The number of hydrogen-bond donors (Lipinski definition) is 3. The maximum Gasteiger partial charge on any atom is 0.328 e. The van der Waals surface area contributed by atoms with Gasteiger partial charge in [-0.05, 0) is 28.1 Å². The van der Waals surface area contributed by atoms with Crippen LogP contribution in [0, 0.1) is 5.82 Å². The first-order valence-electron chi connectivity index (χ1n) is 4.27. The highest BCUT2D eigenvalue weighted by atomic mass is 79.9. The molecule has 0 aliphatic rings. The Morgan fingerprint density at radius 2 is 2.06 bits per heavy atom. The van der Waals surface area contributed by atoms with Gasteiger partial charge in [0.05, 0.1) is 0 Å². The fourth-order valence-corrected chi connectivity index (χ4v) is 2.35. The molecule has 6 nitrogen and oxygen atoms in total. The quantitative estimate of drug-likeness (QED) is 0.699. The number of benzene rings is 1. The molecule has 0 heterocycles. The molecule has 1 rings (SSSR count). The van der Waals surface area contributed by atoms with Gasteiger partial charge in [0.1, 0.15) is 10.7 Å². The molecule has 0 fully saturated rings. The molecule has 0 spiro atoms. The summed E-state index contributed by atoms with van der Waals surface area (Å²) < 4.78 is 38.5. The number of rotatable bonds is 2. The monoisotopic (exact) mass is 325 g/mol. The topological polar surface area (TPSA) is 101 Å². The molecular weight excluding hydrogens is 317 g/mol. The van der Waals surface area contributed by atoms with Crippen LogP contribution in [0.2, 0.25) is 0 Å². The lowest BCUT2D eigenvalue weighted by Crippen LogP contribution is -2.37. The van der Waals surface area contributed by atoms with E-state index in [0.717, 1.165) is 12.1 Å². The van der Waals surface area contributed by atoms with Gasteiger partial charge >= 0.3 is 6.03 Å². The van der Waals surface area contributed by atoms with Gasteiger partial charge in [0.25, 0.3) is 10.0 Å². The molecule has 1 aromatic rings. The van der Waals surface area contributed by atoms with E-state index in [9.17, 15) is 17.6 Å². The van der Waals surface area contributed by atoms with Crippen LogP contribution in [0.5, 0.6) is 0 Å². The normalized spacial score (nSPS) is 11.0. The van der Waals surface area contributed by atoms with E-state index in [1.807, 2.05) is 5.32 Å². The zero-order valence-corrected chi connectivity index (χ0v) is 11.0. The second kappa shape index (κ2) is 4.88. The molecule has 9 heteroatoms. The zero-order chi connectivity index (χ0) is 13.2. The highest BCUT2D eigenvalue weighted by Gasteiger charge is 2.22. The highest BCUT2D eigenvalue weighted by Crippen LogP contribution is 2.25. The van der Waals surface area contributed by atoms with E-state index in [-0.39, 0.29) is 10.2 Å². The summed E-state index contributed by atoms with van der Waals surface area (Å²) in [6.45, 7) is 0. The molecule has 0 aromatic heterocycles. The third kappa shape index (κ3) is 3.07. The van der Waals surface area contributed by atoms with Gasteiger partial charge in [0, 0.05) is 17.2 Å². The molecule has 0 saturated heterocycles. The van der Waals surface area contributed by atoms with Gasteiger partial charge < -0.3 is 11.1 Å². The summed E-state index contributed by atoms with van der Waals surface area (Å²) in [5.74, 6) is -1.01. The number of urea groups is 1. The molecule has 0 aliphatic heterocycles. The van der Waals surface area contributed by atoms with Gasteiger partial charge in [0.2, 0.25) is 0 Å². The maximum absolute atomic E-state index is 13.4. The first-order valence-corrected chi connectivity index (χ1v) is 6.54. The van der Waals surface area contributed by atoms with Crippen molar-refractivity contribution in [2.75, 3.05) is 12.8 Å². The Kier molecular flexibility index (Phi) is 3.94. The first-order chi connectivity index (χ1) is 7.77. The molecule has 0 saturated carbocycles. The lowest BCUT2D eigenvalue weighted by molar-refractivity contribution is 0.247. The van der Waals surface area contributed by atoms with Gasteiger partial charge in [-0.25, -0.2) is 22.3 Å². The number of anilines is 1. The average Bonchev–Trinajstić information content (AvgIpc) is 2.22. The largest absolute Gasteiger partial charge is 0.398 e. The van der Waals surface area contributed by atoms with Crippen LogP contribution in [0.15, 0.2) is 21.5 Å². The highest BCUT2D eigenvalue weighted by molar-refractivity contribution is 9.10. The molecule has 17 heavy (non-hydrogen) atoms. The lowest BCUT2D eigenvalue weighted by atomic mass is 10.3. The van der Waals surface area contributed by atoms with Crippen LogP contribution in [0.4, 0.5) is 14.9 Å². The molecule has 4 N–H and O–H groups in total. The van der Waals surface area contributed by atoms with E-state index in [1.165, 1.54) is 7.05 Å². The maximum atomic E-state index is 13.4. The number of halogens is 2. The van der Waals surface area contributed by atoms with E-state index in [1.54, 1.807) is 4.72 Å². The SMILES string of the molecule is CNC(=O)NS(=O)(=O)c1cc(N)c(Br)cc1F. The van der Waals surface area contributed by atoms with Crippen molar-refractivity contribution in [3.63, 3.8) is 0 Å². The van der Waals surface area contributed by atoms with E-state index in [4.69, 9.17) is 5.73 Å². The zero-order valence-electron chi connectivity index (χ0n) is 8.62. The second-order valence-corrected chi connectivity index (χ2v) is 5.49. The summed E-state index contributed by atoms with van der Waals surface area (Å²) in [6, 6.07) is 0.865. The smallest absolute Gasteiger partial charge is 0.328 e. The van der Waals surface area contributed by atoms with Crippen LogP contribution >= 0.6 is 15.9 Å². The minimum Gasteiger partial charge on any atom is -0.398 e. The number of hydrogen-bond acceptors (Lipinski definition) is 4. The molecule has 0 unspecified atom stereocenters. The van der Waals surface area contributed by atoms with Gasteiger partial charge in [-0.1, -0.05) is 0 Å². The van der Waals surface area contributed by atoms with Crippen LogP contribution in [-0.2, 0) is 10.0 Å². The van der Waals surface area contributed by atoms with Gasteiger partial charge in [0.15, 0.2) is 0 Å². The molecule has 1 aromatic carbocycles. The fourth-order valence-electron chi connectivity index (χ4n) is 0.979. The van der Waals surface area contributed by atoms with Crippen molar-refractivity contribution in [2.24, 2.45) is 0 Å². The fraction of sp³-hybridized carbons (Fsp3) is 0.125. The Bertz CT molecular complexity index is 561. The van der Waals surface area contributed by atoms with E-state index in [2.05, 4.69) is 15.9 Å². The van der Waals surface area contributed by atoms with Crippen LogP contribution in [0.1, 0.15) is 0 Å². The van der Waals surface area contributed by atoms with Crippen molar-refractivity contribution in [1.82, 2.24) is 10.0 Å².